The first-order valence-corrected chi connectivity index (χ1v) is 7.03. The number of halogens is 3. The quantitative estimate of drug-likeness (QED) is 0.604. The SMILES string of the molecule is C=CCCOC(C)C(=O)N1CCC(C(O)C(F)(F)F)CC1. The van der Waals surface area contributed by atoms with E-state index in [0.717, 1.165) is 0 Å². The molecule has 21 heavy (non-hydrogen) atoms. The summed E-state index contributed by atoms with van der Waals surface area (Å²) >= 11 is 0. The number of piperidine rings is 1. The number of hydrogen-bond acceptors (Lipinski definition) is 3. The topological polar surface area (TPSA) is 49.8 Å². The second-order valence-electron chi connectivity index (χ2n) is 5.24. The molecule has 1 rings (SSSR count). The minimum absolute atomic E-state index is 0.145. The fourth-order valence-corrected chi connectivity index (χ4v) is 2.36. The maximum absolute atomic E-state index is 12.4. The Balaban J connectivity index is 2.41. The van der Waals surface area contributed by atoms with Gasteiger partial charge >= 0.3 is 6.18 Å². The van der Waals surface area contributed by atoms with Crippen LogP contribution in [0.25, 0.3) is 0 Å². The molecule has 0 radical (unpaired) electrons. The van der Waals surface area contributed by atoms with Crippen molar-refractivity contribution < 1.29 is 27.8 Å². The Kier molecular flexibility index (Phi) is 6.67. The number of amides is 1. The van der Waals surface area contributed by atoms with Gasteiger partial charge in [-0.3, -0.25) is 4.79 Å². The molecule has 2 atom stereocenters. The average Bonchev–Trinajstić information content (AvgIpc) is 2.45. The molecule has 1 aliphatic rings. The van der Waals surface area contributed by atoms with Crippen molar-refractivity contribution >= 4 is 5.91 Å². The van der Waals surface area contributed by atoms with Crippen LogP contribution in [0, 0.1) is 5.92 Å². The predicted molar refractivity (Wildman–Crippen MR) is 71.6 cm³/mol. The number of rotatable bonds is 6. The summed E-state index contributed by atoms with van der Waals surface area (Å²) in [5.74, 6) is -1.06. The van der Waals surface area contributed by atoms with Crippen LogP contribution in [0.2, 0.25) is 0 Å². The van der Waals surface area contributed by atoms with E-state index in [1.54, 1.807) is 13.0 Å². The third kappa shape index (κ3) is 5.32. The third-order valence-electron chi connectivity index (χ3n) is 3.67. The van der Waals surface area contributed by atoms with Crippen LogP contribution in [0.4, 0.5) is 13.2 Å². The lowest BCUT2D eigenvalue weighted by atomic mass is 9.90. The van der Waals surface area contributed by atoms with Crippen molar-refractivity contribution in [2.45, 2.75) is 44.6 Å². The van der Waals surface area contributed by atoms with Gasteiger partial charge in [0.25, 0.3) is 5.91 Å². The zero-order valence-electron chi connectivity index (χ0n) is 12.1. The summed E-state index contributed by atoms with van der Waals surface area (Å²) in [6.07, 6.45) is -4.92. The molecule has 2 unspecified atom stereocenters. The highest BCUT2D eigenvalue weighted by Gasteiger charge is 2.44. The Hall–Kier alpha value is -1.08. The summed E-state index contributed by atoms with van der Waals surface area (Å²) in [5, 5.41) is 9.23. The van der Waals surface area contributed by atoms with E-state index in [2.05, 4.69) is 6.58 Å². The van der Waals surface area contributed by atoms with Crippen LogP contribution in [-0.2, 0) is 9.53 Å². The van der Waals surface area contributed by atoms with E-state index in [4.69, 9.17) is 4.74 Å². The van der Waals surface area contributed by atoms with Crippen molar-refractivity contribution in [2.75, 3.05) is 19.7 Å². The summed E-state index contributed by atoms with van der Waals surface area (Å²) in [6, 6.07) is 0. The maximum atomic E-state index is 12.4. The van der Waals surface area contributed by atoms with Gasteiger partial charge in [-0.05, 0) is 32.1 Å². The van der Waals surface area contributed by atoms with E-state index in [0.29, 0.717) is 13.0 Å². The molecule has 0 bridgehead atoms. The normalized spacial score (nSPS) is 20.1. The van der Waals surface area contributed by atoms with Crippen molar-refractivity contribution in [3.05, 3.63) is 12.7 Å². The molecule has 0 aliphatic carbocycles. The van der Waals surface area contributed by atoms with Crippen LogP contribution < -0.4 is 0 Å². The van der Waals surface area contributed by atoms with Crippen molar-refractivity contribution in [1.29, 1.82) is 0 Å². The van der Waals surface area contributed by atoms with Gasteiger partial charge in [-0.1, -0.05) is 6.08 Å². The summed E-state index contributed by atoms with van der Waals surface area (Å²) < 4.78 is 42.6. The van der Waals surface area contributed by atoms with Crippen LogP contribution in [0.5, 0.6) is 0 Å². The van der Waals surface area contributed by atoms with Gasteiger partial charge in [-0.15, -0.1) is 6.58 Å². The summed E-state index contributed by atoms with van der Waals surface area (Å²) in [5.41, 5.74) is 0. The number of ether oxygens (including phenoxy) is 1. The molecule has 1 aliphatic heterocycles. The molecule has 1 amide bonds. The van der Waals surface area contributed by atoms with E-state index >= 15 is 0 Å². The molecular weight excluding hydrogens is 287 g/mol. The Labute approximate surface area is 122 Å². The standard InChI is InChI=1S/C14H22F3NO3/c1-3-4-9-21-10(2)13(20)18-7-5-11(6-8-18)12(19)14(15,16)17/h3,10-12,19H,1,4-9H2,2H3. The highest BCUT2D eigenvalue weighted by Crippen LogP contribution is 2.31. The number of likely N-dealkylation sites (tertiary alicyclic amines) is 1. The Morgan fingerprint density at radius 3 is 2.52 bits per heavy atom. The summed E-state index contributed by atoms with van der Waals surface area (Å²) in [6.45, 7) is 5.99. The second kappa shape index (κ2) is 7.79. The lowest BCUT2D eigenvalue weighted by molar-refractivity contribution is -0.223. The largest absolute Gasteiger partial charge is 0.414 e. The first kappa shape index (κ1) is 18.0. The number of hydrogen-bond donors (Lipinski definition) is 1. The molecule has 0 aromatic rings. The maximum Gasteiger partial charge on any atom is 0.414 e. The fourth-order valence-electron chi connectivity index (χ4n) is 2.36. The number of carbonyl (C=O) groups excluding carboxylic acids is 1. The van der Waals surface area contributed by atoms with Crippen LogP contribution in [-0.4, -0.2) is 54.0 Å². The van der Waals surface area contributed by atoms with Gasteiger partial charge in [-0.2, -0.15) is 13.2 Å². The van der Waals surface area contributed by atoms with Crippen molar-refractivity contribution in [3.8, 4) is 0 Å². The lowest BCUT2D eigenvalue weighted by Crippen LogP contribution is -2.47. The van der Waals surface area contributed by atoms with Gasteiger partial charge in [0.15, 0.2) is 6.10 Å². The number of carbonyl (C=O) groups is 1. The summed E-state index contributed by atoms with van der Waals surface area (Å²) in [7, 11) is 0. The molecule has 122 valence electrons. The van der Waals surface area contributed by atoms with Gasteiger partial charge in [0.05, 0.1) is 6.61 Å². The van der Waals surface area contributed by atoms with Gasteiger partial charge in [0.2, 0.25) is 0 Å². The Morgan fingerprint density at radius 1 is 1.48 bits per heavy atom. The first-order chi connectivity index (χ1) is 9.77. The Bertz CT molecular complexity index is 352. The molecule has 0 aromatic carbocycles. The molecule has 0 spiro atoms. The predicted octanol–water partition coefficient (Wildman–Crippen LogP) is 2.13. The zero-order chi connectivity index (χ0) is 16.0. The highest BCUT2D eigenvalue weighted by atomic mass is 19.4. The van der Waals surface area contributed by atoms with E-state index in [-0.39, 0.29) is 31.8 Å². The van der Waals surface area contributed by atoms with Gasteiger partial charge in [-0.25, -0.2) is 0 Å². The smallest absolute Gasteiger partial charge is 0.383 e. The van der Waals surface area contributed by atoms with Crippen LogP contribution in [0.1, 0.15) is 26.2 Å². The zero-order valence-corrected chi connectivity index (χ0v) is 12.1. The van der Waals surface area contributed by atoms with Gasteiger partial charge in [0.1, 0.15) is 6.10 Å². The lowest BCUT2D eigenvalue weighted by Gasteiger charge is -2.35. The number of aliphatic hydroxyl groups excluding tert-OH is 1. The van der Waals surface area contributed by atoms with Crippen molar-refractivity contribution in [2.24, 2.45) is 5.92 Å². The molecule has 1 saturated heterocycles. The van der Waals surface area contributed by atoms with E-state index in [9.17, 15) is 23.1 Å². The molecule has 1 fully saturated rings. The first-order valence-electron chi connectivity index (χ1n) is 7.03. The molecule has 0 saturated carbocycles. The molecule has 1 heterocycles. The summed E-state index contributed by atoms with van der Waals surface area (Å²) in [4.78, 5) is 13.6. The van der Waals surface area contributed by atoms with E-state index < -0.39 is 24.3 Å². The van der Waals surface area contributed by atoms with Gasteiger partial charge in [0, 0.05) is 13.1 Å². The molecule has 4 nitrogen and oxygen atoms in total. The van der Waals surface area contributed by atoms with Crippen molar-refractivity contribution in [1.82, 2.24) is 4.90 Å². The molecule has 0 aromatic heterocycles. The molecular formula is C14H22F3NO3. The molecule has 7 heteroatoms. The van der Waals surface area contributed by atoms with Crippen molar-refractivity contribution in [3.63, 3.8) is 0 Å². The highest BCUT2D eigenvalue weighted by molar-refractivity contribution is 5.80. The van der Waals surface area contributed by atoms with E-state index in [1.165, 1.54) is 4.90 Å². The van der Waals surface area contributed by atoms with Crippen LogP contribution in [0.3, 0.4) is 0 Å². The number of alkyl halides is 3. The monoisotopic (exact) mass is 309 g/mol. The second-order valence-corrected chi connectivity index (χ2v) is 5.24. The number of aliphatic hydroxyl groups is 1. The number of nitrogens with zero attached hydrogens (tertiary/aromatic N) is 1. The minimum Gasteiger partial charge on any atom is -0.383 e. The third-order valence-corrected chi connectivity index (χ3v) is 3.67. The average molecular weight is 309 g/mol. The Morgan fingerprint density at radius 2 is 2.05 bits per heavy atom. The van der Waals surface area contributed by atoms with Gasteiger partial charge < -0.3 is 14.7 Å². The van der Waals surface area contributed by atoms with Crippen LogP contribution in [0.15, 0.2) is 12.7 Å². The molecule has 1 N–H and O–H groups in total. The van der Waals surface area contributed by atoms with Crippen LogP contribution >= 0.6 is 0 Å². The van der Waals surface area contributed by atoms with E-state index in [1.807, 2.05) is 0 Å². The fraction of sp³-hybridized carbons (Fsp3) is 0.786. The minimum atomic E-state index is -4.60.